The largest absolute Gasteiger partial charge is 0.493 e. The monoisotopic (exact) mass is 513 g/mol. The van der Waals surface area contributed by atoms with E-state index in [4.69, 9.17) is 14.7 Å². The summed E-state index contributed by atoms with van der Waals surface area (Å²) in [6.45, 7) is 0.231. The SMILES string of the molecule is COc1cc(/C=C/C(=O)NO)ccc1OC[C@H](Cc1c[nH]c2ccccc12)NC(=O)CCc1ccccc1. The van der Waals surface area contributed by atoms with Gasteiger partial charge in [-0.2, -0.15) is 0 Å². The number of amides is 2. The van der Waals surface area contributed by atoms with Crippen LogP contribution in [0.5, 0.6) is 11.5 Å². The zero-order chi connectivity index (χ0) is 26.7. The number of aryl methyl sites for hydroxylation is 1. The Bertz CT molecular complexity index is 1400. The molecule has 0 saturated heterocycles. The van der Waals surface area contributed by atoms with Crippen LogP contribution in [0.2, 0.25) is 0 Å². The molecule has 38 heavy (non-hydrogen) atoms. The summed E-state index contributed by atoms with van der Waals surface area (Å²) >= 11 is 0. The molecular weight excluding hydrogens is 482 g/mol. The minimum absolute atomic E-state index is 0.0445. The molecule has 196 valence electrons. The van der Waals surface area contributed by atoms with E-state index in [0.717, 1.165) is 22.0 Å². The van der Waals surface area contributed by atoms with Crippen molar-refractivity contribution in [1.82, 2.24) is 15.8 Å². The Morgan fingerprint density at radius 1 is 1.03 bits per heavy atom. The van der Waals surface area contributed by atoms with Crippen molar-refractivity contribution in [3.05, 3.63) is 102 Å². The Morgan fingerprint density at radius 2 is 1.82 bits per heavy atom. The normalized spacial score (nSPS) is 11.8. The fraction of sp³-hybridized carbons (Fsp3) is 0.200. The number of para-hydroxylation sites is 1. The summed E-state index contributed by atoms with van der Waals surface area (Å²) in [7, 11) is 1.53. The van der Waals surface area contributed by atoms with Crippen molar-refractivity contribution in [2.75, 3.05) is 13.7 Å². The number of carbonyl (C=O) groups excluding carboxylic acids is 2. The highest BCUT2D eigenvalue weighted by Gasteiger charge is 2.18. The molecule has 1 atom stereocenters. The van der Waals surface area contributed by atoms with Gasteiger partial charge in [-0.05, 0) is 53.8 Å². The fourth-order valence-corrected chi connectivity index (χ4v) is 4.23. The van der Waals surface area contributed by atoms with Gasteiger partial charge < -0.3 is 19.8 Å². The number of benzene rings is 3. The van der Waals surface area contributed by atoms with Crippen LogP contribution in [0.3, 0.4) is 0 Å². The molecule has 0 saturated carbocycles. The number of aromatic nitrogens is 1. The van der Waals surface area contributed by atoms with E-state index >= 15 is 0 Å². The van der Waals surface area contributed by atoms with Crippen LogP contribution in [0.1, 0.15) is 23.1 Å². The van der Waals surface area contributed by atoms with Gasteiger partial charge in [0.05, 0.1) is 13.2 Å². The van der Waals surface area contributed by atoms with Crippen molar-refractivity contribution in [3.8, 4) is 11.5 Å². The molecule has 0 spiro atoms. The van der Waals surface area contributed by atoms with Crippen LogP contribution in [-0.4, -0.2) is 41.8 Å². The Balaban J connectivity index is 1.47. The summed E-state index contributed by atoms with van der Waals surface area (Å²) in [5.41, 5.74) is 5.49. The molecule has 0 bridgehead atoms. The zero-order valence-corrected chi connectivity index (χ0v) is 21.1. The molecule has 1 heterocycles. The average Bonchev–Trinajstić information content (AvgIpc) is 3.36. The third-order valence-corrected chi connectivity index (χ3v) is 6.15. The number of rotatable bonds is 12. The van der Waals surface area contributed by atoms with E-state index in [1.54, 1.807) is 29.8 Å². The molecule has 8 nitrogen and oxygen atoms in total. The second kappa shape index (κ2) is 13.1. The van der Waals surface area contributed by atoms with Crippen LogP contribution in [-0.2, 0) is 22.4 Å². The van der Waals surface area contributed by atoms with Crippen LogP contribution in [0.4, 0.5) is 0 Å². The van der Waals surface area contributed by atoms with Gasteiger partial charge in [-0.1, -0.05) is 54.6 Å². The summed E-state index contributed by atoms with van der Waals surface area (Å²) < 4.78 is 11.6. The number of hydrogen-bond acceptors (Lipinski definition) is 5. The predicted molar refractivity (Wildman–Crippen MR) is 146 cm³/mol. The number of hydrogen-bond donors (Lipinski definition) is 4. The van der Waals surface area contributed by atoms with E-state index in [1.807, 2.05) is 54.7 Å². The van der Waals surface area contributed by atoms with E-state index < -0.39 is 5.91 Å². The van der Waals surface area contributed by atoms with E-state index in [1.165, 1.54) is 13.2 Å². The number of methoxy groups -OCH3 is 1. The standard InChI is InChI=1S/C30H31N3O5/c1-37-28-17-22(13-16-30(35)33-36)11-14-27(28)38-20-24(18-23-19-31-26-10-6-5-9-25(23)26)32-29(34)15-12-21-7-3-2-4-8-21/h2-11,13-14,16-17,19,24,31,36H,12,15,18,20H2,1H3,(H,32,34)(H,33,35)/b16-13+/t24-/m0/s1. The van der Waals surface area contributed by atoms with E-state index in [9.17, 15) is 9.59 Å². The molecule has 0 aliphatic heterocycles. The third-order valence-electron chi connectivity index (χ3n) is 6.15. The summed E-state index contributed by atoms with van der Waals surface area (Å²) in [4.78, 5) is 27.5. The Kier molecular flexibility index (Phi) is 9.15. The van der Waals surface area contributed by atoms with Crippen molar-refractivity contribution in [2.24, 2.45) is 0 Å². The number of fused-ring (bicyclic) bond motifs is 1. The molecule has 0 aliphatic carbocycles. The maximum Gasteiger partial charge on any atom is 0.267 e. The van der Waals surface area contributed by atoms with Gasteiger partial charge in [-0.25, -0.2) is 5.48 Å². The lowest BCUT2D eigenvalue weighted by molar-refractivity contribution is -0.124. The molecule has 4 N–H and O–H groups in total. The van der Waals surface area contributed by atoms with Crippen molar-refractivity contribution in [2.45, 2.75) is 25.3 Å². The third kappa shape index (κ3) is 7.24. The van der Waals surface area contributed by atoms with E-state index in [-0.39, 0.29) is 18.6 Å². The van der Waals surface area contributed by atoms with Crippen LogP contribution >= 0.6 is 0 Å². The maximum absolute atomic E-state index is 12.9. The molecule has 3 aromatic carbocycles. The summed E-state index contributed by atoms with van der Waals surface area (Å²) in [5, 5.41) is 12.9. The summed E-state index contributed by atoms with van der Waals surface area (Å²) in [6.07, 6.45) is 6.34. The number of hydroxylamine groups is 1. The van der Waals surface area contributed by atoms with Crippen LogP contribution in [0.25, 0.3) is 17.0 Å². The molecule has 0 radical (unpaired) electrons. The summed E-state index contributed by atoms with van der Waals surface area (Å²) in [6, 6.07) is 22.9. The minimum Gasteiger partial charge on any atom is -0.493 e. The maximum atomic E-state index is 12.9. The number of carbonyl (C=O) groups is 2. The van der Waals surface area contributed by atoms with E-state index in [2.05, 4.69) is 16.4 Å². The minimum atomic E-state index is -0.632. The highest BCUT2D eigenvalue weighted by molar-refractivity contribution is 5.90. The van der Waals surface area contributed by atoms with Crippen molar-refractivity contribution >= 4 is 28.8 Å². The predicted octanol–water partition coefficient (Wildman–Crippen LogP) is 4.43. The molecule has 4 aromatic rings. The quantitative estimate of drug-likeness (QED) is 0.127. The molecule has 0 unspecified atom stereocenters. The molecule has 2 amide bonds. The van der Waals surface area contributed by atoms with Gasteiger partial charge in [0.15, 0.2) is 11.5 Å². The van der Waals surface area contributed by atoms with Gasteiger partial charge in [0.25, 0.3) is 5.91 Å². The Labute approximate surface area is 221 Å². The van der Waals surface area contributed by atoms with Gasteiger partial charge in [0.2, 0.25) is 5.91 Å². The number of nitrogens with one attached hydrogen (secondary N) is 3. The van der Waals surface area contributed by atoms with Gasteiger partial charge >= 0.3 is 0 Å². The fourth-order valence-electron chi connectivity index (χ4n) is 4.23. The first-order valence-electron chi connectivity index (χ1n) is 12.4. The van der Waals surface area contributed by atoms with Crippen LogP contribution in [0.15, 0.2) is 85.1 Å². The molecule has 4 rings (SSSR count). The lowest BCUT2D eigenvalue weighted by atomic mass is 10.0. The molecule has 8 heteroatoms. The second-order valence-electron chi connectivity index (χ2n) is 8.84. The molecule has 1 aromatic heterocycles. The topological polar surface area (TPSA) is 113 Å². The second-order valence-corrected chi connectivity index (χ2v) is 8.84. The smallest absolute Gasteiger partial charge is 0.267 e. The van der Waals surface area contributed by atoms with Crippen LogP contribution in [0, 0.1) is 0 Å². The first-order valence-corrected chi connectivity index (χ1v) is 12.4. The van der Waals surface area contributed by atoms with E-state index in [0.29, 0.717) is 36.3 Å². The highest BCUT2D eigenvalue weighted by atomic mass is 16.5. The number of ether oxygens (including phenoxy) is 2. The number of aromatic amines is 1. The Hall–Kier alpha value is -4.56. The lowest BCUT2D eigenvalue weighted by Gasteiger charge is -2.20. The summed E-state index contributed by atoms with van der Waals surface area (Å²) in [5.74, 6) is 0.320. The molecular formula is C30H31N3O5. The van der Waals surface area contributed by atoms with Gasteiger partial charge in [-0.3, -0.25) is 14.8 Å². The van der Waals surface area contributed by atoms with Crippen LogP contribution < -0.4 is 20.3 Å². The average molecular weight is 514 g/mol. The number of H-pyrrole nitrogens is 1. The molecule has 0 fully saturated rings. The lowest BCUT2D eigenvalue weighted by Crippen LogP contribution is -2.40. The zero-order valence-electron chi connectivity index (χ0n) is 21.1. The Morgan fingerprint density at radius 3 is 2.61 bits per heavy atom. The van der Waals surface area contributed by atoms with Crippen molar-refractivity contribution in [3.63, 3.8) is 0 Å². The van der Waals surface area contributed by atoms with Gasteiger partial charge in [0.1, 0.15) is 6.61 Å². The van der Waals surface area contributed by atoms with Crippen molar-refractivity contribution < 1.29 is 24.3 Å². The molecule has 0 aliphatic rings. The van der Waals surface area contributed by atoms with Gasteiger partial charge in [0, 0.05) is 29.6 Å². The first kappa shape index (κ1) is 26.5. The first-order chi connectivity index (χ1) is 18.6. The van der Waals surface area contributed by atoms with Gasteiger partial charge in [-0.15, -0.1) is 0 Å². The van der Waals surface area contributed by atoms with Crippen molar-refractivity contribution in [1.29, 1.82) is 0 Å². The highest BCUT2D eigenvalue weighted by Crippen LogP contribution is 2.29.